The molecule has 0 amide bonds. The van der Waals surface area contributed by atoms with Gasteiger partial charge in [-0.15, -0.1) is 0 Å². The lowest BCUT2D eigenvalue weighted by Gasteiger charge is -2.36. The van der Waals surface area contributed by atoms with Crippen molar-refractivity contribution in [3.8, 4) is 0 Å². The lowest BCUT2D eigenvalue weighted by molar-refractivity contribution is 0.177. The van der Waals surface area contributed by atoms with Crippen molar-refractivity contribution >= 4 is 46.2 Å². The van der Waals surface area contributed by atoms with Crippen LogP contribution in [0.3, 0.4) is 0 Å². The molecule has 3 nitrogen and oxygen atoms in total. The fraction of sp³-hybridized carbons (Fsp3) is 0.278. The number of halogens is 2. The molecular weight excluding hydrogens is 361 g/mol. The lowest BCUT2D eigenvalue weighted by atomic mass is 10.2. The summed E-state index contributed by atoms with van der Waals surface area (Å²) in [6.45, 7) is 4.65. The second-order valence-corrected chi connectivity index (χ2v) is 7.01. The number of anilines is 1. The molecule has 6 heteroatoms. The van der Waals surface area contributed by atoms with E-state index in [0.717, 1.165) is 43.5 Å². The predicted molar refractivity (Wildman–Crippen MR) is 106 cm³/mol. The molecule has 0 spiro atoms. The number of rotatable bonds is 3. The standard InChI is InChI=1S/C18H19Cl2N3S/c19-16-7-6-14(12-17(16)20)13-22-8-10-23(11-9-22)18(24)21-15-4-2-1-3-5-15/h1-7,12H,8-11,13H2,(H,21,24). The van der Waals surface area contributed by atoms with Crippen molar-refractivity contribution in [1.29, 1.82) is 0 Å². The molecule has 0 saturated carbocycles. The van der Waals surface area contributed by atoms with Gasteiger partial charge in [-0.2, -0.15) is 0 Å². The number of para-hydroxylation sites is 1. The van der Waals surface area contributed by atoms with Gasteiger partial charge in [0.25, 0.3) is 0 Å². The zero-order valence-corrected chi connectivity index (χ0v) is 15.5. The molecule has 1 aliphatic heterocycles. The first-order valence-electron chi connectivity index (χ1n) is 7.89. The van der Waals surface area contributed by atoms with Crippen LogP contribution in [0.1, 0.15) is 5.56 Å². The molecule has 1 aliphatic rings. The third-order valence-corrected chi connectivity index (χ3v) is 5.17. The Balaban J connectivity index is 1.50. The third-order valence-electron chi connectivity index (χ3n) is 4.07. The van der Waals surface area contributed by atoms with Crippen molar-refractivity contribution in [2.45, 2.75) is 6.54 Å². The van der Waals surface area contributed by atoms with Gasteiger partial charge in [-0.25, -0.2) is 0 Å². The van der Waals surface area contributed by atoms with E-state index in [0.29, 0.717) is 10.0 Å². The SMILES string of the molecule is S=C(Nc1ccccc1)N1CCN(Cc2ccc(Cl)c(Cl)c2)CC1. The lowest BCUT2D eigenvalue weighted by Crippen LogP contribution is -2.49. The van der Waals surface area contributed by atoms with E-state index in [1.165, 1.54) is 5.56 Å². The van der Waals surface area contributed by atoms with Crippen LogP contribution in [0.2, 0.25) is 10.0 Å². The number of hydrogen-bond acceptors (Lipinski definition) is 2. The molecule has 1 heterocycles. The van der Waals surface area contributed by atoms with Crippen LogP contribution in [0.5, 0.6) is 0 Å². The molecule has 0 radical (unpaired) electrons. The summed E-state index contributed by atoms with van der Waals surface area (Å²) in [5.41, 5.74) is 2.21. The van der Waals surface area contributed by atoms with Crippen LogP contribution in [-0.2, 0) is 6.54 Å². The molecule has 1 saturated heterocycles. The van der Waals surface area contributed by atoms with Crippen molar-refractivity contribution < 1.29 is 0 Å². The van der Waals surface area contributed by atoms with Gasteiger partial charge in [-0.1, -0.05) is 47.5 Å². The maximum absolute atomic E-state index is 6.09. The molecule has 0 aromatic heterocycles. The van der Waals surface area contributed by atoms with E-state index < -0.39 is 0 Å². The van der Waals surface area contributed by atoms with Crippen LogP contribution in [0.4, 0.5) is 5.69 Å². The summed E-state index contributed by atoms with van der Waals surface area (Å²) < 4.78 is 0. The molecule has 2 aromatic rings. The first-order chi connectivity index (χ1) is 11.6. The van der Waals surface area contributed by atoms with Crippen molar-refractivity contribution in [1.82, 2.24) is 9.80 Å². The molecule has 0 bridgehead atoms. The highest BCUT2D eigenvalue weighted by Gasteiger charge is 2.19. The monoisotopic (exact) mass is 379 g/mol. The Labute approximate surface area is 158 Å². The van der Waals surface area contributed by atoms with Gasteiger partial charge in [0.2, 0.25) is 0 Å². The van der Waals surface area contributed by atoms with E-state index in [9.17, 15) is 0 Å². The van der Waals surface area contributed by atoms with Crippen molar-refractivity contribution in [2.24, 2.45) is 0 Å². The first-order valence-corrected chi connectivity index (χ1v) is 9.05. The highest BCUT2D eigenvalue weighted by atomic mass is 35.5. The Morgan fingerprint density at radius 3 is 2.33 bits per heavy atom. The minimum Gasteiger partial charge on any atom is -0.346 e. The summed E-state index contributed by atoms with van der Waals surface area (Å²) in [5, 5.41) is 5.30. The smallest absolute Gasteiger partial charge is 0.173 e. The number of nitrogens with zero attached hydrogens (tertiary/aromatic N) is 2. The average Bonchev–Trinajstić information content (AvgIpc) is 2.60. The maximum Gasteiger partial charge on any atom is 0.173 e. The summed E-state index contributed by atoms with van der Waals surface area (Å²) in [6.07, 6.45) is 0. The number of thiocarbonyl (C=S) groups is 1. The van der Waals surface area contributed by atoms with E-state index in [2.05, 4.69) is 15.1 Å². The van der Waals surface area contributed by atoms with Gasteiger partial charge in [0, 0.05) is 38.4 Å². The van der Waals surface area contributed by atoms with E-state index >= 15 is 0 Å². The Morgan fingerprint density at radius 2 is 1.67 bits per heavy atom. The van der Waals surface area contributed by atoms with E-state index in [4.69, 9.17) is 35.4 Å². The summed E-state index contributed by atoms with van der Waals surface area (Å²) in [4.78, 5) is 4.62. The minimum absolute atomic E-state index is 0.600. The molecule has 3 rings (SSSR count). The molecule has 0 atom stereocenters. The normalized spacial score (nSPS) is 15.3. The zero-order chi connectivity index (χ0) is 16.9. The molecule has 0 unspecified atom stereocenters. The van der Waals surface area contributed by atoms with Crippen LogP contribution in [0, 0.1) is 0 Å². The van der Waals surface area contributed by atoms with Gasteiger partial charge in [-0.05, 0) is 42.0 Å². The van der Waals surface area contributed by atoms with Gasteiger partial charge in [0.05, 0.1) is 10.0 Å². The van der Waals surface area contributed by atoms with Crippen LogP contribution < -0.4 is 5.32 Å². The van der Waals surface area contributed by atoms with E-state index in [-0.39, 0.29) is 0 Å². The Morgan fingerprint density at radius 1 is 0.958 bits per heavy atom. The van der Waals surface area contributed by atoms with Gasteiger partial charge < -0.3 is 10.2 Å². The molecule has 0 aliphatic carbocycles. The Bertz CT molecular complexity index is 701. The molecule has 1 fully saturated rings. The number of hydrogen-bond donors (Lipinski definition) is 1. The van der Waals surface area contributed by atoms with Gasteiger partial charge in [-0.3, -0.25) is 4.90 Å². The minimum atomic E-state index is 0.600. The molecule has 2 aromatic carbocycles. The highest BCUT2D eigenvalue weighted by molar-refractivity contribution is 7.80. The first kappa shape index (κ1) is 17.5. The quantitative estimate of drug-likeness (QED) is 0.790. The van der Waals surface area contributed by atoms with Crippen LogP contribution >= 0.6 is 35.4 Å². The fourth-order valence-electron chi connectivity index (χ4n) is 2.73. The third kappa shape index (κ3) is 4.61. The Hall–Kier alpha value is -1.33. The van der Waals surface area contributed by atoms with Gasteiger partial charge >= 0.3 is 0 Å². The van der Waals surface area contributed by atoms with Crippen molar-refractivity contribution in [3.63, 3.8) is 0 Å². The van der Waals surface area contributed by atoms with E-state index in [1.54, 1.807) is 0 Å². The van der Waals surface area contributed by atoms with Crippen LogP contribution in [0.25, 0.3) is 0 Å². The largest absolute Gasteiger partial charge is 0.346 e. The molecule has 126 valence electrons. The summed E-state index contributed by atoms with van der Waals surface area (Å²) in [7, 11) is 0. The molecule has 24 heavy (non-hydrogen) atoms. The van der Waals surface area contributed by atoms with Crippen molar-refractivity contribution in [3.05, 3.63) is 64.1 Å². The number of nitrogens with one attached hydrogen (secondary N) is 1. The highest BCUT2D eigenvalue weighted by Crippen LogP contribution is 2.23. The van der Waals surface area contributed by atoms with Crippen LogP contribution in [-0.4, -0.2) is 41.1 Å². The molecular formula is C18H19Cl2N3S. The summed E-state index contributed by atoms with van der Waals surface area (Å²) in [6, 6.07) is 15.9. The fourth-order valence-corrected chi connectivity index (χ4v) is 3.35. The summed E-state index contributed by atoms with van der Waals surface area (Å²) >= 11 is 17.6. The van der Waals surface area contributed by atoms with E-state index in [1.807, 2.05) is 48.5 Å². The van der Waals surface area contributed by atoms with Gasteiger partial charge in [0.15, 0.2) is 5.11 Å². The second kappa shape index (κ2) is 8.17. The number of benzene rings is 2. The maximum atomic E-state index is 6.09. The summed E-state index contributed by atoms with van der Waals surface area (Å²) in [5.74, 6) is 0. The topological polar surface area (TPSA) is 18.5 Å². The average molecular weight is 380 g/mol. The Kier molecular flexibility index (Phi) is 5.95. The molecule has 1 N–H and O–H groups in total. The zero-order valence-electron chi connectivity index (χ0n) is 13.2. The van der Waals surface area contributed by atoms with Crippen molar-refractivity contribution in [2.75, 3.05) is 31.5 Å². The van der Waals surface area contributed by atoms with Crippen LogP contribution in [0.15, 0.2) is 48.5 Å². The second-order valence-electron chi connectivity index (χ2n) is 5.81. The van der Waals surface area contributed by atoms with Gasteiger partial charge in [0.1, 0.15) is 0 Å². The number of piperazine rings is 1. The predicted octanol–water partition coefficient (Wildman–Crippen LogP) is 4.51.